The molecule has 0 fully saturated rings. The summed E-state index contributed by atoms with van der Waals surface area (Å²) in [6.45, 7) is 0. The molecule has 0 spiro atoms. The Hall–Kier alpha value is -6.58. The van der Waals surface area contributed by atoms with Crippen molar-refractivity contribution < 1.29 is 0 Å². The average molecular weight is 622 g/mol. The van der Waals surface area contributed by atoms with Crippen molar-refractivity contribution in [1.82, 2.24) is 14.4 Å². The van der Waals surface area contributed by atoms with Crippen LogP contribution < -0.4 is 0 Å². The van der Waals surface area contributed by atoms with Crippen molar-refractivity contribution >= 4 is 59.6 Å². The molecule has 226 valence electrons. The molecule has 0 atom stereocenters. The van der Waals surface area contributed by atoms with Crippen LogP contribution in [0.5, 0.6) is 0 Å². The fourth-order valence-corrected chi connectivity index (χ4v) is 8.16. The zero-order valence-electron chi connectivity index (χ0n) is 26.4. The Labute approximate surface area is 282 Å². The van der Waals surface area contributed by atoms with Crippen LogP contribution in [0.2, 0.25) is 0 Å². The van der Waals surface area contributed by atoms with Gasteiger partial charge >= 0.3 is 0 Å². The minimum Gasteiger partial charge on any atom is -0.307 e. The lowest BCUT2D eigenvalue weighted by Gasteiger charge is -2.11. The minimum absolute atomic E-state index is 0.716. The predicted molar refractivity (Wildman–Crippen MR) is 205 cm³/mol. The van der Waals surface area contributed by atoms with Crippen LogP contribution in [0.4, 0.5) is 0 Å². The molecule has 0 aliphatic heterocycles. The van der Waals surface area contributed by atoms with E-state index in [4.69, 9.17) is 9.97 Å². The van der Waals surface area contributed by atoms with Gasteiger partial charge in [0.25, 0.3) is 0 Å². The lowest BCUT2D eigenvalue weighted by atomic mass is 9.93. The van der Waals surface area contributed by atoms with E-state index in [1.165, 1.54) is 70.8 Å². The normalized spacial score (nSPS) is 12.1. The number of fused-ring (bicyclic) bond motifs is 7. The summed E-state index contributed by atoms with van der Waals surface area (Å²) in [5.74, 6) is 0.716. The average Bonchev–Trinajstić information content (AvgIpc) is 3.71. The fourth-order valence-electron chi connectivity index (χ4n) is 8.16. The molecule has 0 amide bonds. The van der Waals surface area contributed by atoms with Gasteiger partial charge in [0.1, 0.15) is 0 Å². The molecule has 3 heterocycles. The predicted octanol–water partition coefficient (Wildman–Crippen LogP) is 12.0. The Bertz CT molecular complexity index is 2960. The van der Waals surface area contributed by atoms with Crippen LogP contribution in [0.3, 0.4) is 0 Å². The molecule has 0 N–H and O–H groups in total. The summed E-state index contributed by atoms with van der Waals surface area (Å²) in [5, 5.41) is 10.6. The Morgan fingerprint density at radius 1 is 0.347 bits per heavy atom. The van der Waals surface area contributed by atoms with Gasteiger partial charge in [-0.1, -0.05) is 152 Å². The second kappa shape index (κ2) is 9.96. The maximum absolute atomic E-state index is 5.06. The van der Waals surface area contributed by atoms with Crippen molar-refractivity contribution in [3.8, 4) is 45.0 Å². The summed E-state index contributed by atoms with van der Waals surface area (Å²) >= 11 is 0. The van der Waals surface area contributed by atoms with Gasteiger partial charge in [-0.05, 0) is 39.2 Å². The van der Waals surface area contributed by atoms with Gasteiger partial charge in [-0.25, -0.2) is 9.97 Å². The quantitative estimate of drug-likeness (QED) is 0.183. The maximum Gasteiger partial charge on any atom is 0.160 e. The highest BCUT2D eigenvalue weighted by Gasteiger charge is 2.24. The first-order valence-corrected chi connectivity index (χ1v) is 16.8. The summed E-state index contributed by atoms with van der Waals surface area (Å²) < 4.78 is 2.52. The highest BCUT2D eigenvalue weighted by atomic mass is 14.9. The summed E-state index contributed by atoms with van der Waals surface area (Å²) in [7, 11) is 0. The second-order valence-electron chi connectivity index (χ2n) is 12.9. The molecule has 49 heavy (non-hydrogen) atoms. The van der Waals surface area contributed by atoms with E-state index in [1.807, 2.05) is 12.1 Å². The van der Waals surface area contributed by atoms with Crippen molar-refractivity contribution in [1.29, 1.82) is 0 Å². The molecule has 3 heteroatoms. The van der Waals surface area contributed by atoms with Crippen LogP contribution in [0.15, 0.2) is 164 Å². The first kappa shape index (κ1) is 26.5. The third-order valence-corrected chi connectivity index (χ3v) is 10.3. The van der Waals surface area contributed by atoms with E-state index in [2.05, 4.69) is 156 Å². The zero-order valence-corrected chi connectivity index (χ0v) is 26.4. The van der Waals surface area contributed by atoms with Gasteiger partial charge in [0.15, 0.2) is 5.82 Å². The number of hydrogen-bond donors (Lipinski definition) is 0. The first-order valence-electron chi connectivity index (χ1n) is 16.8. The summed E-state index contributed by atoms with van der Waals surface area (Å²) in [6.07, 6.45) is 0. The maximum atomic E-state index is 5.06. The molecule has 0 aliphatic rings. The van der Waals surface area contributed by atoms with E-state index < -0.39 is 0 Å². The smallest absolute Gasteiger partial charge is 0.160 e. The van der Waals surface area contributed by atoms with Crippen LogP contribution in [0.25, 0.3) is 105 Å². The number of para-hydroxylation sites is 1. The number of aromatic nitrogens is 3. The summed E-state index contributed by atoms with van der Waals surface area (Å²) in [4.78, 5) is 10.1. The molecule has 3 nitrogen and oxygen atoms in total. The number of nitrogens with zero attached hydrogens (tertiary/aromatic N) is 3. The Morgan fingerprint density at radius 3 is 1.57 bits per heavy atom. The highest BCUT2D eigenvalue weighted by molar-refractivity contribution is 6.39. The lowest BCUT2D eigenvalue weighted by molar-refractivity contribution is 1.18. The van der Waals surface area contributed by atoms with Crippen molar-refractivity contribution in [2.24, 2.45) is 0 Å². The van der Waals surface area contributed by atoms with Crippen molar-refractivity contribution in [3.05, 3.63) is 164 Å². The van der Waals surface area contributed by atoms with Crippen LogP contribution in [-0.2, 0) is 0 Å². The van der Waals surface area contributed by atoms with Crippen LogP contribution in [0.1, 0.15) is 0 Å². The van der Waals surface area contributed by atoms with Crippen LogP contribution >= 0.6 is 0 Å². The van der Waals surface area contributed by atoms with E-state index in [0.29, 0.717) is 5.82 Å². The van der Waals surface area contributed by atoms with Crippen molar-refractivity contribution in [3.63, 3.8) is 0 Å². The second-order valence-corrected chi connectivity index (χ2v) is 12.9. The third kappa shape index (κ3) is 3.73. The van der Waals surface area contributed by atoms with Crippen LogP contribution in [0, 0.1) is 0 Å². The van der Waals surface area contributed by atoms with Gasteiger partial charge in [-0.15, -0.1) is 0 Å². The fraction of sp³-hybridized carbons (Fsp3) is 0. The Kier molecular flexibility index (Phi) is 5.38. The van der Waals surface area contributed by atoms with Crippen LogP contribution in [-0.4, -0.2) is 14.4 Å². The molecule has 3 aromatic heterocycles. The molecule has 0 radical (unpaired) electrons. The molecule has 0 unspecified atom stereocenters. The third-order valence-electron chi connectivity index (χ3n) is 10.3. The van der Waals surface area contributed by atoms with E-state index in [-0.39, 0.29) is 0 Å². The molecule has 11 rings (SSSR count). The lowest BCUT2D eigenvalue weighted by Crippen LogP contribution is -1.96. The molecular weight excluding hydrogens is 595 g/mol. The van der Waals surface area contributed by atoms with E-state index >= 15 is 0 Å². The topological polar surface area (TPSA) is 30.2 Å². The Morgan fingerprint density at radius 2 is 0.878 bits per heavy atom. The van der Waals surface area contributed by atoms with Gasteiger partial charge in [0, 0.05) is 43.8 Å². The number of hydrogen-bond acceptors (Lipinski definition) is 2. The molecule has 0 bridgehead atoms. The standard InChI is InChI=1S/C46H27N3/c1-3-11-29(12-4-1)39-27-40(30-13-5-2-6-14-30)48-46(47-39)31-23-21-28(22-24-31)32-17-9-19-37-38-26-25-36-34-16-8-7-15-33(34)35-18-10-20-41-42(35)43(36)45(38)49(41)44(32)37/h1-27H. The Balaban J connectivity index is 1.12. The highest BCUT2D eigenvalue weighted by Crippen LogP contribution is 2.48. The van der Waals surface area contributed by atoms with E-state index in [0.717, 1.165) is 28.1 Å². The number of benzene rings is 8. The summed E-state index contributed by atoms with van der Waals surface area (Å²) in [5.41, 5.74) is 11.2. The van der Waals surface area contributed by atoms with Gasteiger partial charge in [0.2, 0.25) is 0 Å². The largest absolute Gasteiger partial charge is 0.307 e. The molecule has 0 saturated carbocycles. The van der Waals surface area contributed by atoms with Gasteiger partial charge < -0.3 is 4.40 Å². The monoisotopic (exact) mass is 621 g/mol. The first-order chi connectivity index (χ1) is 24.3. The molecule has 0 aliphatic carbocycles. The molecule has 0 saturated heterocycles. The van der Waals surface area contributed by atoms with E-state index in [1.54, 1.807) is 0 Å². The molecule has 8 aromatic carbocycles. The van der Waals surface area contributed by atoms with Gasteiger partial charge in [-0.3, -0.25) is 0 Å². The SMILES string of the molecule is c1ccc(-c2cc(-c3ccccc3)nc(-c3ccc(-c4cccc5c6ccc7c8ccccc8c8cccc9c8c7c6n9c45)cc3)n2)cc1. The summed E-state index contributed by atoms with van der Waals surface area (Å²) in [6, 6.07) is 58.6. The molecular formula is C46H27N3. The van der Waals surface area contributed by atoms with Gasteiger partial charge in [0.05, 0.1) is 27.9 Å². The minimum atomic E-state index is 0.716. The van der Waals surface area contributed by atoms with Crippen molar-refractivity contribution in [2.45, 2.75) is 0 Å². The van der Waals surface area contributed by atoms with Crippen molar-refractivity contribution in [2.75, 3.05) is 0 Å². The molecule has 11 aromatic rings. The number of rotatable bonds is 4. The van der Waals surface area contributed by atoms with Gasteiger partial charge in [-0.2, -0.15) is 0 Å². The zero-order chi connectivity index (χ0) is 32.1. The van der Waals surface area contributed by atoms with E-state index in [9.17, 15) is 0 Å².